The van der Waals surface area contributed by atoms with Crippen LogP contribution in [0.3, 0.4) is 0 Å². The van der Waals surface area contributed by atoms with Gasteiger partial charge >= 0.3 is 0 Å². The highest BCUT2D eigenvalue weighted by Crippen LogP contribution is 2.30. The van der Waals surface area contributed by atoms with E-state index in [4.69, 9.17) is 16.3 Å². The maximum absolute atomic E-state index is 13.0. The molecule has 0 aliphatic carbocycles. The van der Waals surface area contributed by atoms with Gasteiger partial charge in [-0.05, 0) is 50.1 Å². The zero-order valence-corrected chi connectivity index (χ0v) is 17.4. The molecule has 0 radical (unpaired) electrons. The molecule has 1 amide bonds. The third-order valence-electron chi connectivity index (χ3n) is 4.84. The van der Waals surface area contributed by atoms with Crippen LogP contribution in [-0.4, -0.2) is 38.8 Å². The average Bonchev–Trinajstić information content (AvgIpc) is 2.69. The molecule has 1 aliphatic rings. The van der Waals surface area contributed by atoms with Crippen LogP contribution in [0.25, 0.3) is 0 Å². The average molecular weight is 423 g/mol. The molecule has 0 bridgehead atoms. The van der Waals surface area contributed by atoms with Crippen molar-refractivity contribution in [2.45, 2.75) is 24.7 Å². The zero-order chi connectivity index (χ0) is 20.3. The van der Waals surface area contributed by atoms with Crippen molar-refractivity contribution in [1.82, 2.24) is 4.31 Å². The molecule has 1 fully saturated rings. The molecule has 1 saturated heterocycles. The Hall–Kier alpha value is -2.09. The van der Waals surface area contributed by atoms with Crippen LogP contribution in [0.2, 0.25) is 5.02 Å². The predicted molar refractivity (Wildman–Crippen MR) is 109 cm³/mol. The second-order valence-electron chi connectivity index (χ2n) is 6.85. The minimum absolute atomic E-state index is 0.0953. The van der Waals surface area contributed by atoms with E-state index in [0.29, 0.717) is 30.8 Å². The van der Waals surface area contributed by atoms with Gasteiger partial charge in [-0.15, -0.1) is 0 Å². The Labute approximate surface area is 170 Å². The summed E-state index contributed by atoms with van der Waals surface area (Å²) < 4.78 is 32.4. The maximum Gasteiger partial charge on any atom is 0.243 e. The minimum atomic E-state index is -3.74. The van der Waals surface area contributed by atoms with Gasteiger partial charge in [0.15, 0.2) is 0 Å². The van der Waals surface area contributed by atoms with Crippen molar-refractivity contribution in [3.8, 4) is 5.75 Å². The normalized spacial score (nSPS) is 17.9. The summed E-state index contributed by atoms with van der Waals surface area (Å²) in [6.07, 6.45) is 1.27. The summed E-state index contributed by atoms with van der Waals surface area (Å²) >= 11 is 6.08. The molecular formula is C20H23ClN2O4S. The summed E-state index contributed by atoms with van der Waals surface area (Å²) in [5.41, 5.74) is 1.81. The first kappa shape index (κ1) is 20.6. The van der Waals surface area contributed by atoms with Gasteiger partial charge in [-0.25, -0.2) is 8.42 Å². The van der Waals surface area contributed by atoms with Crippen LogP contribution in [0, 0.1) is 12.8 Å². The Morgan fingerprint density at radius 3 is 2.57 bits per heavy atom. The Balaban J connectivity index is 1.73. The smallest absolute Gasteiger partial charge is 0.243 e. The monoisotopic (exact) mass is 422 g/mol. The van der Waals surface area contributed by atoms with Crippen LogP contribution in [0.5, 0.6) is 5.75 Å². The van der Waals surface area contributed by atoms with Gasteiger partial charge in [0.05, 0.1) is 22.9 Å². The third kappa shape index (κ3) is 4.48. The summed E-state index contributed by atoms with van der Waals surface area (Å²) in [6, 6.07) is 11.9. The zero-order valence-electron chi connectivity index (χ0n) is 15.8. The summed E-state index contributed by atoms with van der Waals surface area (Å²) in [5, 5.41) is 3.11. The van der Waals surface area contributed by atoms with E-state index in [-0.39, 0.29) is 22.4 Å². The molecular weight excluding hydrogens is 400 g/mol. The number of amides is 1. The Morgan fingerprint density at radius 2 is 1.93 bits per heavy atom. The quantitative estimate of drug-likeness (QED) is 0.797. The fourth-order valence-corrected chi connectivity index (χ4v) is 5.09. The van der Waals surface area contributed by atoms with Crippen LogP contribution in [-0.2, 0) is 14.8 Å². The van der Waals surface area contributed by atoms with Crippen molar-refractivity contribution in [1.29, 1.82) is 0 Å². The molecule has 3 rings (SSSR count). The van der Waals surface area contributed by atoms with Gasteiger partial charge in [-0.3, -0.25) is 4.79 Å². The molecule has 6 nitrogen and oxygen atoms in total. The molecule has 2 aromatic carbocycles. The van der Waals surface area contributed by atoms with E-state index in [9.17, 15) is 13.2 Å². The molecule has 2 aromatic rings. The van der Waals surface area contributed by atoms with E-state index >= 15 is 0 Å². The topological polar surface area (TPSA) is 75.7 Å². The number of ether oxygens (including phenoxy) is 1. The number of benzene rings is 2. The number of nitrogens with zero attached hydrogens (tertiary/aromatic N) is 1. The Kier molecular flexibility index (Phi) is 6.27. The first-order chi connectivity index (χ1) is 13.3. The summed E-state index contributed by atoms with van der Waals surface area (Å²) in [6.45, 7) is 2.49. The largest absolute Gasteiger partial charge is 0.495 e. The molecule has 0 spiro atoms. The molecule has 0 aromatic heterocycles. The lowest BCUT2D eigenvalue weighted by Gasteiger charge is -2.31. The number of rotatable bonds is 5. The highest BCUT2D eigenvalue weighted by molar-refractivity contribution is 7.89. The fourth-order valence-electron chi connectivity index (χ4n) is 3.21. The number of nitrogens with one attached hydrogen (secondary N) is 1. The van der Waals surface area contributed by atoms with Crippen LogP contribution >= 0.6 is 11.6 Å². The van der Waals surface area contributed by atoms with Crippen LogP contribution in [0.4, 0.5) is 5.69 Å². The first-order valence-corrected chi connectivity index (χ1v) is 10.8. The van der Waals surface area contributed by atoms with Crippen molar-refractivity contribution in [3.63, 3.8) is 0 Å². The van der Waals surface area contributed by atoms with Crippen LogP contribution in [0.1, 0.15) is 18.4 Å². The van der Waals surface area contributed by atoms with Crippen LogP contribution < -0.4 is 10.1 Å². The van der Waals surface area contributed by atoms with Gasteiger partial charge in [0.25, 0.3) is 0 Å². The van der Waals surface area contributed by atoms with E-state index in [1.54, 1.807) is 0 Å². The fraction of sp³-hybridized carbons (Fsp3) is 0.350. The summed E-state index contributed by atoms with van der Waals surface area (Å²) in [7, 11) is -2.27. The second-order valence-corrected chi connectivity index (χ2v) is 9.20. The number of halogens is 1. The lowest BCUT2D eigenvalue weighted by molar-refractivity contribution is -0.120. The molecule has 28 heavy (non-hydrogen) atoms. The second kappa shape index (κ2) is 8.51. The van der Waals surface area contributed by atoms with Gasteiger partial charge in [-0.1, -0.05) is 29.3 Å². The number of aryl methyl sites for hydroxylation is 1. The van der Waals surface area contributed by atoms with E-state index in [0.717, 1.165) is 5.56 Å². The van der Waals surface area contributed by atoms with Gasteiger partial charge < -0.3 is 10.1 Å². The summed E-state index contributed by atoms with van der Waals surface area (Å²) in [4.78, 5) is 12.7. The molecule has 1 unspecified atom stereocenters. The van der Waals surface area contributed by atoms with Crippen molar-refractivity contribution < 1.29 is 17.9 Å². The molecule has 0 saturated carbocycles. The van der Waals surface area contributed by atoms with Gasteiger partial charge in [0.2, 0.25) is 15.9 Å². The van der Waals surface area contributed by atoms with Crippen molar-refractivity contribution in [2.24, 2.45) is 5.92 Å². The van der Waals surface area contributed by atoms with Crippen molar-refractivity contribution >= 4 is 33.2 Å². The number of sulfonamides is 1. The van der Waals surface area contributed by atoms with Crippen molar-refractivity contribution in [3.05, 3.63) is 53.1 Å². The number of anilines is 1. The van der Waals surface area contributed by atoms with Gasteiger partial charge in [0.1, 0.15) is 5.75 Å². The van der Waals surface area contributed by atoms with E-state index in [1.165, 1.54) is 29.6 Å². The number of piperidine rings is 1. The number of carbonyl (C=O) groups is 1. The van der Waals surface area contributed by atoms with E-state index in [1.807, 2.05) is 31.2 Å². The number of hydrogen-bond donors (Lipinski definition) is 1. The Morgan fingerprint density at radius 1 is 1.21 bits per heavy atom. The predicted octanol–water partition coefficient (Wildman–Crippen LogP) is 3.70. The first-order valence-electron chi connectivity index (χ1n) is 9.02. The Bertz CT molecular complexity index is 961. The van der Waals surface area contributed by atoms with E-state index < -0.39 is 15.9 Å². The van der Waals surface area contributed by atoms with Gasteiger partial charge in [-0.2, -0.15) is 4.31 Å². The van der Waals surface area contributed by atoms with E-state index in [2.05, 4.69) is 5.32 Å². The molecule has 1 atom stereocenters. The summed E-state index contributed by atoms with van der Waals surface area (Å²) in [5.74, 6) is -0.162. The number of methoxy groups -OCH3 is 1. The molecule has 1 aliphatic heterocycles. The number of carbonyl (C=O) groups excluding carboxylic acids is 1. The highest BCUT2D eigenvalue weighted by atomic mass is 35.5. The standard InChI is InChI=1S/C20H23ClN2O4S/c1-14-5-7-16(8-6-14)22-20(24)15-4-3-11-23(13-15)28(25,26)17-9-10-19(27-2)18(21)12-17/h5-10,12,15H,3-4,11,13H2,1-2H3,(H,22,24). The molecule has 150 valence electrons. The van der Waals surface area contributed by atoms with Crippen molar-refractivity contribution in [2.75, 3.05) is 25.5 Å². The maximum atomic E-state index is 13.0. The third-order valence-corrected chi connectivity index (χ3v) is 6.99. The minimum Gasteiger partial charge on any atom is -0.495 e. The SMILES string of the molecule is COc1ccc(S(=O)(=O)N2CCCC(C(=O)Nc3ccc(C)cc3)C2)cc1Cl. The lowest BCUT2D eigenvalue weighted by Crippen LogP contribution is -2.43. The molecule has 8 heteroatoms. The highest BCUT2D eigenvalue weighted by Gasteiger charge is 2.33. The molecule has 1 N–H and O–H groups in total. The molecule has 1 heterocycles. The lowest BCUT2D eigenvalue weighted by atomic mass is 9.98. The number of hydrogen-bond acceptors (Lipinski definition) is 4. The van der Waals surface area contributed by atoms with Gasteiger partial charge in [0, 0.05) is 18.8 Å². The van der Waals surface area contributed by atoms with Crippen LogP contribution in [0.15, 0.2) is 47.4 Å².